The Hall–Kier alpha value is -0.699. The van der Waals surface area contributed by atoms with Crippen molar-refractivity contribution in [3.05, 3.63) is 53.5 Å². The van der Waals surface area contributed by atoms with E-state index in [1.807, 2.05) is 6.07 Å². The fourth-order valence-electron chi connectivity index (χ4n) is 14.2. The zero-order valence-corrected chi connectivity index (χ0v) is 58.9. The number of benzene rings is 1. The maximum absolute atomic E-state index is 15.9. The van der Waals surface area contributed by atoms with E-state index < -0.39 is 101 Å². The minimum absolute atomic E-state index is 0.0401. The van der Waals surface area contributed by atoms with E-state index in [-0.39, 0.29) is 70.0 Å². The summed E-state index contributed by atoms with van der Waals surface area (Å²) in [6.45, 7) is 41.3. The third kappa shape index (κ3) is 15.2. The van der Waals surface area contributed by atoms with Crippen molar-refractivity contribution < 1.29 is 64.7 Å². The zero-order chi connectivity index (χ0) is 60.7. The Morgan fingerprint density at radius 2 is 1.45 bits per heavy atom. The number of rotatable bonds is 29. The predicted molar refractivity (Wildman–Crippen MR) is 338 cm³/mol. The van der Waals surface area contributed by atoms with Gasteiger partial charge in [0.1, 0.15) is 30.5 Å². The Kier molecular flexibility index (Phi) is 22.5. The van der Waals surface area contributed by atoms with Crippen molar-refractivity contribution in [1.82, 2.24) is 0 Å². The molecule has 8 saturated heterocycles. The number of halogens is 1. The fraction of sp³-hybridized carbons (Fsp3) is 0.844. The minimum atomic E-state index is -4.32. The van der Waals surface area contributed by atoms with Crippen LogP contribution in [0.2, 0.25) is 54.4 Å². The number of allylic oxidation sites excluding steroid dienone is 1. The van der Waals surface area contributed by atoms with Crippen LogP contribution >= 0.6 is 15.9 Å². The van der Waals surface area contributed by atoms with Gasteiger partial charge in [-0.2, -0.15) is 0 Å². The number of aliphatic hydroxyl groups excluding tert-OH is 1. The number of methoxy groups -OCH3 is 1. The summed E-state index contributed by atoms with van der Waals surface area (Å²) >= 11 is 3.52. The van der Waals surface area contributed by atoms with E-state index in [4.69, 9.17) is 51.2 Å². The van der Waals surface area contributed by atoms with Crippen molar-refractivity contribution in [1.29, 1.82) is 0 Å². The minimum Gasteiger partial charge on any atom is -0.417 e. The molecule has 8 aliphatic heterocycles. The molecule has 1 aromatic rings. The SMILES string of the molecule is C=C(Br)CCCC[C@@]12C[C@@H]3O[C@@H]4[C@@H](O1)[C@H]1O[C@H](C[C@H](O)[C@H]([C@@H]5[C@@H](OC)[C@@H](C[C@@H](CO[Si](C)(C)C(C)(C)C)O[Si](C)(C)C(C)(C)C)O[C@H]5C[C@H]5O[C@@H](CCCO[Si](CC)(CC)CC)C[C@@H](C)C5=C)S(=O)(=O)c5ccccc5)CC[C@@H]1O[C@@H]4[C@H]3O2. The van der Waals surface area contributed by atoms with Crippen molar-refractivity contribution in [3.63, 3.8) is 0 Å². The molecule has 1 aromatic carbocycles. The molecule has 8 fully saturated rings. The van der Waals surface area contributed by atoms with Crippen molar-refractivity contribution in [2.45, 2.75) is 315 Å². The summed E-state index contributed by atoms with van der Waals surface area (Å²) in [5, 5.41) is 11.8. The smallest absolute Gasteiger partial charge is 0.192 e. The lowest BCUT2D eigenvalue weighted by molar-refractivity contribution is -0.293. The summed E-state index contributed by atoms with van der Waals surface area (Å²) in [4.78, 5) is 0.124. The molecular formula is C64H109BrO14SSi3. The first kappa shape index (κ1) is 68.2. The summed E-state index contributed by atoms with van der Waals surface area (Å²) in [5.41, 5.74) is 0.964. The van der Waals surface area contributed by atoms with E-state index >= 15 is 8.42 Å². The van der Waals surface area contributed by atoms with Crippen LogP contribution in [-0.2, 0) is 61.0 Å². The molecule has 1 N–H and O–H groups in total. The van der Waals surface area contributed by atoms with Crippen LogP contribution in [0.4, 0.5) is 0 Å². The monoisotopic (exact) mass is 1300 g/mol. The zero-order valence-electron chi connectivity index (χ0n) is 53.5. The third-order valence-corrected chi connectivity index (χ3v) is 37.8. The van der Waals surface area contributed by atoms with Gasteiger partial charge in [-0.25, -0.2) is 8.42 Å². The largest absolute Gasteiger partial charge is 0.417 e. The van der Waals surface area contributed by atoms with E-state index in [1.54, 1.807) is 31.4 Å². The van der Waals surface area contributed by atoms with Gasteiger partial charge in [0.05, 0.1) is 77.8 Å². The standard InChI is InChI=1S/C64H109BrO14SSi3/c1-18-83(19-2,20-3)70-34-26-28-44-35-41(4)43(6)50(72-44)38-51-54(55(69-13)52(74-51)37-46(79-82(16,17)63(10,11)12)40-71-81(14,15)62(7,8)9)61(80(67,68)47-29-22-21-23-30-47)48(66)36-45-31-32-49-56(73-45)60-59-58(75-49)57-53(76-59)39-64(77-57,78-60)33-25-24-27-42(5)65/h21-23,29-30,41,44-46,48-61,66H,5-6,18-20,24-28,31-40H2,1-4,7-17H3/t41-,44+,45+,46+,48+,49+,50-,51+,52-,53+,54+,55+,56+,57+,58-,59+,60+,61-,64+/m1/s1. The summed E-state index contributed by atoms with van der Waals surface area (Å²) in [6.07, 6.45) is 1.44. The highest BCUT2D eigenvalue weighted by Crippen LogP contribution is 2.55. The van der Waals surface area contributed by atoms with Crippen LogP contribution in [0.15, 0.2) is 58.4 Å². The first-order chi connectivity index (χ1) is 38.9. The van der Waals surface area contributed by atoms with Crippen LogP contribution in [0.1, 0.15) is 153 Å². The Bertz CT molecular complexity index is 2410. The van der Waals surface area contributed by atoms with E-state index in [0.717, 1.165) is 66.7 Å². The number of ether oxygens (including phenoxy) is 8. The molecule has 0 unspecified atom stereocenters. The Balaban J connectivity index is 1.12. The van der Waals surface area contributed by atoms with Gasteiger partial charge in [0.15, 0.2) is 40.6 Å². The highest BCUT2D eigenvalue weighted by atomic mass is 79.9. The molecule has 0 aromatic heterocycles. The van der Waals surface area contributed by atoms with Crippen molar-refractivity contribution >= 4 is 50.7 Å². The molecule has 83 heavy (non-hydrogen) atoms. The van der Waals surface area contributed by atoms with Crippen LogP contribution in [0, 0.1) is 11.8 Å². The maximum atomic E-state index is 15.9. The van der Waals surface area contributed by atoms with Gasteiger partial charge in [-0.05, 0) is 134 Å². The van der Waals surface area contributed by atoms with Crippen molar-refractivity contribution in [2.75, 3.05) is 20.3 Å². The molecule has 8 aliphatic rings. The molecule has 0 amide bonds. The second-order valence-electron chi connectivity index (χ2n) is 28.9. The topological polar surface area (TPSA) is 156 Å². The van der Waals surface area contributed by atoms with Gasteiger partial charge in [0.2, 0.25) is 0 Å². The van der Waals surface area contributed by atoms with Gasteiger partial charge >= 0.3 is 0 Å². The van der Waals surface area contributed by atoms with Crippen LogP contribution in [0.25, 0.3) is 0 Å². The average molecular weight is 1300 g/mol. The van der Waals surface area contributed by atoms with Crippen LogP contribution < -0.4 is 0 Å². The van der Waals surface area contributed by atoms with Gasteiger partial charge < -0.3 is 56.3 Å². The molecule has 0 spiro atoms. The van der Waals surface area contributed by atoms with Gasteiger partial charge in [-0.1, -0.05) is 117 Å². The third-order valence-electron chi connectivity index (χ3n) is 21.5. The van der Waals surface area contributed by atoms with Gasteiger partial charge in [0, 0.05) is 51.7 Å². The maximum Gasteiger partial charge on any atom is 0.192 e. The molecule has 474 valence electrons. The molecule has 19 heteroatoms. The lowest BCUT2D eigenvalue weighted by Crippen LogP contribution is -2.62. The highest BCUT2D eigenvalue weighted by molar-refractivity contribution is 9.11. The fourth-order valence-corrected chi connectivity index (χ4v) is 21.7. The van der Waals surface area contributed by atoms with E-state index in [9.17, 15) is 5.11 Å². The summed E-state index contributed by atoms with van der Waals surface area (Å²) in [6, 6.07) is 11.9. The number of unbranched alkanes of at least 4 members (excludes halogenated alkanes) is 1. The molecule has 0 radical (unpaired) electrons. The second-order valence-corrected chi connectivity index (χ2v) is 46.5. The number of fused-ring (bicyclic) bond motifs is 1. The van der Waals surface area contributed by atoms with Crippen molar-refractivity contribution in [3.8, 4) is 0 Å². The summed E-state index contributed by atoms with van der Waals surface area (Å²) in [7, 11) is -9.09. The van der Waals surface area contributed by atoms with Crippen LogP contribution in [0.3, 0.4) is 0 Å². The lowest BCUT2D eigenvalue weighted by Gasteiger charge is -2.48. The molecule has 14 nitrogen and oxygen atoms in total. The summed E-state index contributed by atoms with van der Waals surface area (Å²) < 4.78 is 110. The van der Waals surface area contributed by atoms with Gasteiger partial charge in [0.25, 0.3) is 0 Å². The van der Waals surface area contributed by atoms with E-state index in [0.29, 0.717) is 51.7 Å². The number of sulfone groups is 1. The number of hydrogen-bond donors (Lipinski definition) is 1. The number of hydrogen-bond acceptors (Lipinski definition) is 14. The normalized spacial score (nSPS) is 35.1. The first-order valence-corrected chi connectivity index (χ1v) is 42.7. The Morgan fingerprint density at radius 3 is 2.08 bits per heavy atom. The first-order valence-electron chi connectivity index (χ1n) is 32.0. The van der Waals surface area contributed by atoms with Crippen molar-refractivity contribution in [2.24, 2.45) is 11.8 Å². The Labute approximate surface area is 512 Å². The molecule has 19 atom stereocenters. The molecule has 0 aliphatic carbocycles. The summed E-state index contributed by atoms with van der Waals surface area (Å²) in [5.74, 6) is -1.52. The highest BCUT2D eigenvalue weighted by Gasteiger charge is 2.69. The predicted octanol–water partition coefficient (Wildman–Crippen LogP) is 13.8. The lowest BCUT2D eigenvalue weighted by atomic mass is 9.81. The Morgan fingerprint density at radius 1 is 0.795 bits per heavy atom. The molecule has 9 rings (SSSR count). The molecule has 8 heterocycles. The van der Waals surface area contributed by atoms with Gasteiger partial charge in [-0.15, -0.1) is 0 Å². The van der Waals surface area contributed by atoms with Crippen LogP contribution in [0.5, 0.6) is 0 Å². The van der Waals surface area contributed by atoms with Gasteiger partial charge in [-0.3, -0.25) is 0 Å². The van der Waals surface area contributed by atoms with E-state index in [1.165, 1.54) is 0 Å². The van der Waals surface area contributed by atoms with E-state index in [2.05, 4.69) is 125 Å². The number of aliphatic hydroxyl groups is 1. The van der Waals surface area contributed by atoms with Crippen LogP contribution in [-0.4, -0.2) is 161 Å². The second kappa shape index (κ2) is 27.4. The molecule has 6 bridgehead atoms. The quantitative estimate of drug-likeness (QED) is 0.0459. The molecule has 0 saturated carbocycles. The molecular weight excluding hydrogens is 1190 g/mol. The average Bonchev–Trinajstić information content (AvgIpc) is 1.83.